The van der Waals surface area contributed by atoms with Crippen molar-refractivity contribution < 1.29 is 9.57 Å². The molecule has 0 fully saturated rings. The predicted molar refractivity (Wildman–Crippen MR) is 76.9 cm³/mol. The molecule has 3 rings (SSSR count). The maximum Gasteiger partial charge on any atom is 0.131 e. The first-order valence-corrected chi connectivity index (χ1v) is 6.72. The second-order valence-corrected chi connectivity index (χ2v) is 4.99. The first-order chi connectivity index (χ1) is 9.31. The minimum absolute atomic E-state index is 0.0693. The Labute approximate surface area is 119 Å². The maximum absolute atomic E-state index is 5.74. The highest BCUT2D eigenvalue weighted by atomic mass is 79.9. The lowest BCUT2D eigenvalue weighted by Gasteiger charge is -2.09. The van der Waals surface area contributed by atoms with Gasteiger partial charge in [0.1, 0.15) is 22.2 Å². The van der Waals surface area contributed by atoms with Crippen LogP contribution in [0, 0.1) is 0 Å². The molecule has 19 heavy (non-hydrogen) atoms. The highest BCUT2D eigenvalue weighted by Gasteiger charge is 2.16. The number of nitrogens with one attached hydrogen (secondary N) is 1. The largest absolute Gasteiger partial charge is 0.457 e. The number of rotatable bonds is 3. The normalized spacial score (nSPS) is 17.7. The van der Waals surface area contributed by atoms with E-state index in [0.29, 0.717) is 0 Å². The first-order valence-electron chi connectivity index (χ1n) is 5.93. The molecule has 3 nitrogen and oxygen atoms in total. The summed E-state index contributed by atoms with van der Waals surface area (Å²) in [6, 6.07) is 17.6. The minimum atomic E-state index is -0.0693. The van der Waals surface area contributed by atoms with Crippen molar-refractivity contribution in [2.75, 3.05) is 0 Å². The number of halogens is 1. The number of hydrogen-bond donors (Lipinski definition) is 1. The molecule has 0 bridgehead atoms. The van der Waals surface area contributed by atoms with Crippen LogP contribution in [0.25, 0.3) is 0 Å². The summed E-state index contributed by atoms with van der Waals surface area (Å²) in [4.78, 5) is 5.38. The number of benzene rings is 2. The molecule has 1 aliphatic heterocycles. The third-order valence-corrected chi connectivity index (χ3v) is 3.19. The molecule has 0 radical (unpaired) electrons. The van der Waals surface area contributed by atoms with Gasteiger partial charge >= 0.3 is 0 Å². The van der Waals surface area contributed by atoms with Crippen molar-refractivity contribution in [1.29, 1.82) is 0 Å². The molecule has 4 heteroatoms. The van der Waals surface area contributed by atoms with E-state index in [1.54, 1.807) is 0 Å². The summed E-state index contributed by atoms with van der Waals surface area (Å²) in [5.74, 6) is 1.64. The van der Waals surface area contributed by atoms with Crippen molar-refractivity contribution in [1.82, 2.24) is 5.48 Å². The van der Waals surface area contributed by atoms with Crippen molar-refractivity contribution in [3.63, 3.8) is 0 Å². The van der Waals surface area contributed by atoms with Crippen LogP contribution in [0.3, 0.4) is 0 Å². The van der Waals surface area contributed by atoms with E-state index in [-0.39, 0.29) is 6.10 Å². The fraction of sp³-hybridized carbons (Fsp3) is 0.0667. The van der Waals surface area contributed by atoms with Crippen molar-refractivity contribution in [3.05, 3.63) is 70.8 Å². The van der Waals surface area contributed by atoms with Gasteiger partial charge in [-0.25, -0.2) is 0 Å². The Balaban J connectivity index is 1.73. The number of para-hydroxylation sites is 1. The van der Waals surface area contributed by atoms with Gasteiger partial charge in [-0.3, -0.25) is 10.3 Å². The molecule has 1 aliphatic rings. The van der Waals surface area contributed by atoms with Gasteiger partial charge in [0.15, 0.2) is 0 Å². The Hall–Kier alpha value is -1.78. The van der Waals surface area contributed by atoms with E-state index in [1.807, 2.05) is 60.7 Å². The van der Waals surface area contributed by atoms with Crippen LogP contribution in [0.15, 0.2) is 65.3 Å². The molecule has 1 atom stereocenters. The van der Waals surface area contributed by atoms with Gasteiger partial charge in [-0.1, -0.05) is 30.3 Å². The molecule has 0 amide bonds. The molecule has 2 aromatic rings. The van der Waals surface area contributed by atoms with E-state index in [2.05, 4.69) is 21.4 Å². The SMILES string of the molecule is BrC1=CC(c2ccc(Oc3ccccc3)cc2)ON1. The van der Waals surface area contributed by atoms with Gasteiger partial charge in [-0.2, -0.15) is 0 Å². The molecule has 96 valence electrons. The van der Waals surface area contributed by atoms with Crippen LogP contribution in [0.1, 0.15) is 11.7 Å². The third kappa shape index (κ3) is 2.97. The monoisotopic (exact) mass is 317 g/mol. The molecule has 0 aliphatic carbocycles. The number of hydrogen-bond acceptors (Lipinski definition) is 3. The molecule has 0 saturated heterocycles. The van der Waals surface area contributed by atoms with Crippen molar-refractivity contribution in [2.24, 2.45) is 0 Å². The van der Waals surface area contributed by atoms with Crippen molar-refractivity contribution >= 4 is 15.9 Å². The zero-order valence-corrected chi connectivity index (χ0v) is 11.6. The highest BCUT2D eigenvalue weighted by molar-refractivity contribution is 9.11. The average molecular weight is 318 g/mol. The number of hydroxylamine groups is 1. The topological polar surface area (TPSA) is 30.5 Å². The number of ether oxygens (including phenoxy) is 1. The maximum atomic E-state index is 5.74. The second kappa shape index (κ2) is 5.47. The van der Waals surface area contributed by atoms with Gasteiger partial charge in [0.25, 0.3) is 0 Å². The summed E-state index contributed by atoms with van der Waals surface area (Å²) in [5, 5.41) is 0. The van der Waals surface area contributed by atoms with Crippen LogP contribution in [0.4, 0.5) is 0 Å². The average Bonchev–Trinajstić information content (AvgIpc) is 2.87. The van der Waals surface area contributed by atoms with Crippen LogP contribution in [0.2, 0.25) is 0 Å². The Morgan fingerprint density at radius 2 is 1.63 bits per heavy atom. The third-order valence-electron chi connectivity index (χ3n) is 2.77. The highest BCUT2D eigenvalue weighted by Crippen LogP contribution is 2.28. The Bertz CT molecular complexity index is 581. The standard InChI is InChI=1S/C15H12BrNO2/c16-15-10-14(19-17-15)11-6-8-13(9-7-11)18-12-4-2-1-3-5-12/h1-10,14,17H. The summed E-state index contributed by atoms with van der Waals surface area (Å²) >= 11 is 3.33. The van der Waals surface area contributed by atoms with Gasteiger partial charge in [0.05, 0.1) is 0 Å². The zero-order chi connectivity index (χ0) is 13.1. The predicted octanol–water partition coefficient (Wildman–Crippen LogP) is 4.29. The fourth-order valence-corrected chi connectivity index (χ4v) is 2.17. The Morgan fingerprint density at radius 1 is 0.947 bits per heavy atom. The van der Waals surface area contributed by atoms with E-state index in [0.717, 1.165) is 21.7 Å². The summed E-state index contributed by atoms with van der Waals surface area (Å²) in [6.07, 6.45) is 1.90. The minimum Gasteiger partial charge on any atom is -0.457 e. The zero-order valence-electron chi connectivity index (χ0n) is 10.0. The van der Waals surface area contributed by atoms with Crippen LogP contribution in [0.5, 0.6) is 11.5 Å². The first kappa shape index (κ1) is 12.3. The van der Waals surface area contributed by atoms with Gasteiger partial charge < -0.3 is 4.74 Å². The molecule has 0 aromatic heterocycles. The summed E-state index contributed by atoms with van der Waals surface area (Å²) < 4.78 is 6.59. The van der Waals surface area contributed by atoms with E-state index < -0.39 is 0 Å². The van der Waals surface area contributed by atoms with E-state index in [4.69, 9.17) is 9.57 Å². The smallest absolute Gasteiger partial charge is 0.131 e. The lowest BCUT2D eigenvalue weighted by molar-refractivity contribution is 0.0458. The second-order valence-electron chi connectivity index (χ2n) is 4.14. The summed E-state index contributed by atoms with van der Waals surface area (Å²) in [7, 11) is 0. The van der Waals surface area contributed by atoms with E-state index in [9.17, 15) is 0 Å². The molecule has 0 spiro atoms. The lowest BCUT2D eigenvalue weighted by Crippen LogP contribution is -2.05. The summed E-state index contributed by atoms with van der Waals surface area (Å²) in [6.45, 7) is 0. The van der Waals surface area contributed by atoms with Crippen LogP contribution in [-0.2, 0) is 4.84 Å². The Kier molecular flexibility index (Phi) is 3.53. The van der Waals surface area contributed by atoms with Crippen molar-refractivity contribution in [3.8, 4) is 11.5 Å². The molecule has 2 aromatic carbocycles. The van der Waals surface area contributed by atoms with Gasteiger partial charge in [0, 0.05) is 0 Å². The van der Waals surface area contributed by atoms with Gasteiger partial charge in [-0.15, -0.1) is 0 Å². The summed E-state index contributed by atoms with van der Waals surface area (Å²) in [5.41, 5.74) is 3.84. The molecular weight excluding hydrogens is 306 g/mol. The van der Waals surface area contributed by atoms with E-state index >= 15 is 0 Å². The Morgan fingerprint density at radius 3 is 2.26 bits per heavy atom. The van der Waals surface area contributed by atoms with E-state index in [1.165, 1.54) is 0 Å². The van der Waals surface area contributed by atoms with Gasteiger partial charge in [0.2, 0.25) is 0 Å². The van der Waals surface area contributed by atoms with Crippen LogP contribution >= 0.6 is 15.9 Å². The molecular formula is C15H12BrNO2. The molecule has 1 heterocycles. The fourth-order valence-electron chi connectivity index (χ4n) is 1.84. The van der Waals surface area contributed by atoms with Crippen molar-refractivity contribution in [2.45, 2.75) is 6.10 Å². The molecule has 1 unspecified atom stereocenters. The van der Waals surface area contributed by atoms with Crippen LogP contribution in [-0.4, -0.2) is 0 Å². The molecule has 0 saturated carbocycles. The lowest BCUT2D eigenvalue weighted by atomic mass is 10.1. The van der Waals surface area contributed by atoms with Crippen LogP contribution < -0.4 is 10.2 Å². The molecule has 1 N–H and O–H groups in total. The quantitative estimate of drug-likeness (QED) is 0.856. The van der Waals surface area contributed by atoms with Gasteiger partial charge in [-0.05, 0) is 51.8 Å².